The first-order valence-corrected chi connectivity index (χ1v) is 9.14. The molecule has 4 nitrogen and oxygen atoms in total. The lowest BCUT2D eigenvalue weighted by Gasteiger charge is -2.18. The highest BCUT2D eigenvalue weighted by atomic mass is 19.1. The molecule has 0 atom stereocenters. The zero-order valence-corrected chi connectivity index (χ0v) is 15.1. The normalized spacial score (nSPS) is 13.5. The minimum absolute atomic E-state index is 0.0527. The standard InChI is InChI=1S/C23H18FN3O/c24-20-11-17(25-12-19-18-7-3-4-8-21(18)26-23(19)28)9-10-22(20)27-13-15-5-1-2-6-16(15)14-27/h1-12,26,28H,13-14H2. The molecular formula is C23H18FN3O. The summed E-state index contributed by atoms with van der Waals surface area (Å²) in [6.45, 7) is 1.41. The minimum atomic E-state index is -0.300. The molecule has 0 saturated heterocycles. The van der Waals surface area contributed by atoms with Crippen LogP contribution in [0.25, 0.3) is 10.9 Å². The number of para-hydroxylation sites is 1. The van der Waals surface area contributed by atoms with Crippen LogP contribution >= 0.6 is 0 Å². The van der Waals surface area contributed by atoms with Crippen LogP contribution in [0, 0.1) is 5.82 Å². The fourth-order valence-corrected chi connectivity index (χ4v) is 3.76. The number of aromatic amines is 1. The Hall–Kier alpha value is -3.60. The lowest BCUT2D eigenvalue weighted by molar-refractivity contribution is 0.457. The molecule has 2 heterocycles. The molecule has 0 spiro atoms. The van der Waals surface area contributed by atoms with Gasteiger partial charge in [-0.2, -0.15) is 0 Å². The Morgan fingerprint density at radius 3 is 2.43 bits per heavy atom. The molecule has 0 saturated carbocycles. The Balaban J connectivity index is 1.41. The number of anilines is 1. The second-order valence-electron chi connectivity index (χ2n) is 6.95. The number of aliphatic imine (C=N–C) groups is 1. The van der Waals surface area contributed by atoms with Crippen molar-refractivity contribution in [2.75, 3.05) is 4.90 Å². The second-order valence-corrected chi connectivity index (χ2v) is 6.95. The Labute approximate surface area is 161 Å². The van der Waals surface area contributed by atoms with Crippen LogP contribution in [0.2, 0.25) is 0 Å². The third kappa shape index (κ3) is 2.81. The fourth-order valence-electron chi connectivity index (χ4n) is 3.76. The summed E-state index contributed by atoms with van der Waals surface area (Å²) in [6, 6.07) is 20.8. The summed E-state index contributed by atoms with van der Waals surface area (Å²) in [5, 5.41) is 11.0. The average molecular weight is 371 g/mol. The summed E-state index contributed by atoms with van der Waals surface area (Å²) in [6.07, 6.45) is 1.56. The van der Waals surface area contributed by atoms with Crippen molar-refractivity contribution in [3.05, 3.63) is 89.2 Å². The number of hydrogen-bond donors (Lipinski definition) is 2. The van der Waals surface area contributed by atoms with Gasteiger partial charge in [-0.25, -0.2) is 4.39 Å². The van der Waals surface area contributed by atoms with Gasteiger partial charge in [-0.1, -0.05) is 42.5 Å². The number of halogens is 1. The van der Waals surface area contributed by atoms with Crippen molar-refractivity contribution >= 4 is 28.5 Å². The van der Waals surface area contributed by atoms with Crippen LogP contribution in [0.3, 0.4) is 0 Å². The Morgan fingerprint density at radius 2 is 1.68 bits per heavy atom. The quantitative estimate of drug-likeness (QED) is 0.481. The van der Waals surface area contributed by atoms with E-state index in [0.29, 0.717) is 30.0 Å². The maximum absolute atomic E-state index is 14.8. The third-order valence-electron chi connectivity index (χ3n) is 5.18. The van der Waals surface area contributed by atoms with E-state index in [0.717, 1.165) is 10.9 Å². The van der Waals surface area contributed by atoms with Gasteiger partial charge in [0, 0.05) is 36.3 Å². The molecule has 0 radical (unpaired) electrons. The molecular weight excluding hydrogens is 353 g/mol. The summed E-state index contributed by atoms with van der Waals surface area (Å²) in [5.74, 6) is -0.248. The van der Waals surface area contributed by atoms with Gasteiger partial charge in [0.1, 0.15) is 5.82 Å². The van der Waals surface area contributed by atoms with Crippen molar-refractivity contribution in [3.8, 4) is 5.88 Å². The lowest BCUT2D eigenvalue weighted by Crippen LogP contribution is -2.15. The molecule has 1 aliphatic rings. The zero-order chi connectivity index (χ0) is 19.1. The van der Waals surface area contributed by atoms with Crippen molar-refractivity contribution in [2.24, 2.45) is 4.99 Å². The predicted octanol–water partition coefficient (Wildman–Crippen LogP) is 5.28. The molecule has 3 aromatic carbocycles. The molecule has 4 aromatic rings. The summed E-state index contributed by atoms with van der Waals surface area (Å²) >= 11 is 0. The Bertz CT molecular complexity index is 1190. The third-order valence-corrected chi connectivity index (χ3v) is 5.18. The second kappa shape index (κ2) is 6.53. The number of hydrogen-bond acceptors (Lipinski definition) is 3. The van der Waals surface area contributed by atoms with E-state index >= 15 is 0 Å². The first kappa shape index (κ1) is 16.6. The van der Waals surface area contributed by atoms with Gasteiger partial charge < -0.3 is 15.0 Å². The van der Waals surface area contributed by atoms with Gasteiger partial charge in [-0.15, -0.1) is 0 Å². The van der Waals surface area contributed by atoms with Crippen LogP contribution < -0.4 is 4.90 Å². The number of nitrogens with zero attached hydrogens (tertiary/aromatic N) is 2. The van der Waals surface area contributed by atoms with E-state index in [4.69, 9.17) is 0 Å². The van der Waals surface area contributed by atoms with E-state index < -0.39 is 0 Å². The molecule has 0 aliphatic carbocycles. The van der Waals surface area contributed by atoms with Crippen molar-refractivity contribution in [1.29, 1.82) is 0 Å². The number of aromatic nitrogens is 1. The first-order chi connectivity index (χ1) is 13.7. The SMILES string of the molecule is Oc1[nH]c2ccccc2c1C=Nc1ccc(N2Cc3ccccc3C2)c(F)c1. The van der Waals surface area contributed by atoms with Gasteiger partial charge >= 0.3 is 0 Å². The van der Waals surface area contributed by atoms with E-state index in [2.05, 4.69) is 22.1 Å². The summed E-state index contributed by atoms with van der Waals surface area (Å²) < 4.78 is 14.8. The van der Waals surface area contributed by atoms with E-state index in [1.165, 1.54) is 17.2 Å². The number of fused-ring (bicyclic) bond motifs is 2. The van der Waals surface area contributed by atoms with Crippen molar-refractivity contribution in [3.63, 3.8) is 0 Å². The maximum Gasteiger partial charge on any atom is 0.198 e. The van der Waals surface area contributed by atoms with Crippen LogP contribution in [0.1, 0.15) is 16.7 Å². The van der Waals surface area contributed by atoms with E-state index in [1.807, 2.05) is 41.3 Å². The summed E-state index contributed by atoms with van der Waals surface area (Å²) in [7, 11) is 0. The van der Waals surface area contributed by atoms with Crippen LogP contribution in [-0.4, -0.2) is 16.3 Å². The van der Waals surface area contributed by atoms with Crippen LogP contribution in [-0.2, 0) is 13.1 Å². The predicted molar refractivity (Wildman–Crippen MR) is 110 cm³/mol. The zero-order valence-electron chi connectivity index (χ0n) is 15.1. The molecule has 28 heavy (non-hydrogen) atoms. The number of rotatable bonds is 3. The highest BCUT2D eigenvalue weighted by Gasteiger charge is 2.21. The van der Waals surface area contributed by atoms with Gasteiger partial charge in [0.05, 0.1) is 16.9 Å². The molecule has 1 aliphatic heterocycles. The molecule has 0 fully saturated rings. The molecule has 0 amide bonds. The van der Waals surface area contributed by atoms with Gasteiger partial charge in [0.15, 0.2) is 5.88 Å². The molecule has 2 N–H and O–H groups in total. The number of H-pyrrole nitrogens is 1. The monoisotopic (exact) mass is 371 g/mol. The van der Waals surface area contributed by atoms with Crippen molar-refractivity contribution in [1.82, 2.24) is 4.98 Å². The minimum Gasteiger partial charge on any atom is -0.494 e. The first-order valence-electron chi connectivity index (χ1n) is 9.14. The highest BCUT2D eigenvalue weighted by Crippen LogP contribution is 2.32. The van der Waals surface area contributed by atoms with E-state index in [9.17, 15) is 9.50 Å². The average Bonchev–Trinajstić information content (AvgIpc) is 3.26. The van der Waals surface area contributed by atoms with Crippen molar-refractivity contribution in [2.45, 2.75) is 13.1 Å². The number of benzene rings is 3. The van der Waals surface area contributed by atoms with Crippen molar-refractivity contribution < 1.29 is 9.50 Å². The van der Waals surface area contributed by atoms with Gasteiger partial charge in [0.25, 0.3) is 0 Å². The summed E-state index contributed by atoms with van der Waals surface area (Å²) in [4.78, 5) is 9.30. The molecule has 0 bridgehead atoms. The summed E-state index contributed by atoms with van der Waals surface area (Å²) in [5.41, 5.74) is 4.97. The van der Waals surface area contributed by atoms with Crippen LogP contribution in [0.15, 0.2) is 71.7 Å². The van der Waals surface area contributed by atoms with Crippen LogP contribution in [0.5, 0.6) is 5.88 Å². The maximum atomic E-state index is 14.8. The largest absolute Gasteiger partial charge is 0.494 e. The Kier molecular flexibility index (Phi) is 3.86. The number of aromatic hydroxyl groups is 1. The van der Waals surface area contributed by atoms with Gasteiger partial charge in [0.2, 0.25) is 0 Å². The molecule has 5 rings (SSSR count). The van der Waals surface area contributed by atoms with Gasteiger partial charge in [-0.3, -0.25) is 4.99 Å². The molecule has 5 heteroatoms. The highest BCUT2D eigenvalue weighted by molar-refractivity contribution is 6.02. The van der Waals surface area contributed by atoms with Gasteiger partial charge in [-0.05, 0) is 29.3 Å². The lowest BCUT2D eigenvalue weighted by atomic mass is 10.1. The fraction of sp³-hybridized carbons (Fsp3) is 0.0870. The Morgan fingerprint density at radius 1 is 0.964 bits per heavy atom. The van der Waals surface area contributed by atoms with E-state index in [-0.39, 0.29) is 11.7 Å². The number of nitrogens with one attached hydrogen (secondary N) is 1. The smallest absolute Gasteiger partial charge is 0.198 e. The topological polar surface area (TPSA) is 51.6 Å². The molecule has 1 aromatic heterocycles. The van der Waals surface area contributed by atoms with Crippen LogP contribution in [0.4, 0.5) is 15.8 Å². The molecule has 138 valence electrons. The van der Waals surface area contributed by atoms with E-state index in [1.54, 1.807) is 18.3 Å². The molecule has 0 unspecified atom stereocenters.